The van der Waals surface area contributed by atoms with Crippen LogP contribution in [-0.2, 0) is 31.0 Å². The number of hydrazine groups is 1. The van der Waals surface area contributed by atoms with E-state index in [1.165, 1.54) is 12.0 Å². The van der Waals surface area contributed by atoms with Crippen molar-refractivity contribution in [1.82, 2.24) is 9.91 Å². The maximum absolute atomic E-state index is 15.3. The molecule has 3 fully saturated rings. The number of fused-ring (bicyclic) bond motifs is 4. The van der Waals surface area contributed by atoms with Gasteiger partial charge in [-0.25, -0.2) is 0 Å². The van der Waals surface area contributed by atoms with Gasteiger partial charge in [0.05, 0.1) is 40.4 Å². The Bertz CT molecular complexity index is 2170. The number of methoxy groups -OCH3 is 1. The number of phenolic OH excluding ortho intramolecular Hbond substituents is 2. The molecule has 4 aromatic rings. The lowest BCUT2D eigenvalue weighted by Crippen LogP contribution is -2.53. The summed E-state index contributed by atoms with van der Waals surface area (Å²) < 4.78 is 5.94. The average Bonchev–Trinajstić information content (AvgIpc) is 3.54. The molecule has 2 aliphatic carbocycles. The number of ether oxygens (including phenoxy) is 1. The fraction of sp³-hybridized carbons (Fsp3) is 0.286. The summed E-state index contributed by atoms with van der Waals surface area (Å²) in [5, 5.41) is 21.7. The fourth-order valence-electron chi connectivity index (χ4n) is 9.23. The quantitative estimate of drug-likeness (QED) is 0.138. The van der Waals surface area contributed by atoms with E-state index in [0.29, 0.717) is 34.1 Å². The molecule has 2 aliphatic heterocycles. The van der Waals surface area contributed by atoms with E-state index in [-0.39, 0.29) is 42.0 Å². The van der Waals surface area contributed by atoms with Gasteiger partial charge in [-0.3, -0.25) is 29.5 Å². The summed E-state index contributed by atoms with van der Waals surface area (Å²) in [7, 11) is 1.45. The largest absolute Gasteiger partial charge is 0.508 e. The van der Waals surface area contributed by atoms with Crippen LogP contribution in [-0.4, -0.2) is 57.4 Å². The van der Waals surface area contributed by atoms with E-state index >= 15 is 4.79 Å². The Morgan fingerprint density at radius 1 is 0.887 bits per heavy atom. The molecule has 10 nitrogen and oxygen atoms in total. The monoisotopic (exact) mass is 775 g/mol. The first-order valence-electron chi connectivity index (χ1n) is 17.7. The molecular weight excluding hydrogens is 738 g/mol. The standard InChI is InChI=1S/C42H38BrN3O7/c1-23-8-12-27(13-9-23)44-46-39(50)32-22-31-29(16-17-30-35(31)40(51)45(38(30)49)19-18-24-10-14-28(47)15-11-24)36(25-20-33(43)37(48)34(21-25)53-2)42(32,41(46)52)26-6-4-3-5-7-26/h3-16,20-21,30-32,35-36,44,47-48H,17-19,22H2,1-2H3. The van der Waals surface area contributed by atoms with Gasteiger partial charge < -0.3 is 14.9 Å². The molecule has 3 N–H and O–H groups in total. The summed E-state index contributed by atoms with van der Waals surface area (Å²) in [6.45, 7) is 2.14. The third kappa shape index (κ3) is 5.43. The lowest BCUT2D eigenvalue weighted by atomic mass is 9.49. The second-order valence-electron chi connectivity index (χ2n) is 14.4. The average molecular weight is 777 g/mol. The number of hydrogen-bond donors (Lipinski definition) is 3. The highest BCUT2D eigenvalue weighted by atomic mass is 79.9. The van der Waals surface area contributed by atoms with Crippen LogP contribution in [0.5, 0.6) is 17.2 Å². The highest BCUT2D eigenvalue weighted by molar-refractivity contribution is 9.10. The van der Waals surface area contributed by atoms with Crippen molar-refractivity contribution < 1.29 is 34.1 Å². The van der Waals surface area contributed by atoms with Gasteiger partial charge in [0.15, 0.2) is 11.5 Å². The minimum absolute atomic E-state index is 0.107. The zero-order valence-corrected chi connectivity index (χ0v) is 30.7. The molecule has 8 rings (SSSR count). The van der Waals surface area contributed by atoms with E-state index in [1.54, 1.807) is 36.4 Å². The Hall–Kier alpha value is -5.42. The molecule has 4 amide bonds. The predicted octanol–water partition coefficient (Wildman–Crippen LogP) is 6.40. The maximum Gasteiger partial charge on any atom is 0.260 e. The minimum Gasteiger partial charge on any atom is -0.508 e. The van der Waals surface area contributed by atoms with Gasteiger partial charge in [0.25, 0.3) is 11.8 Å². The molecule has 270 valence electrons. The van der Waals surface area contributed by atoms with E-state index < -0.39 is 46.8 Å². The zero-order chi connectivity index (χ0) is 37.2. The number of carbonyl (C=O) groups excluding carboxylic acids is 4. The highest BCUT2D eigenvalue weighted by Crippen LogP contribution is 2.64. The van der Waals surface area contributed by atoms with Crippen LogP contribution in [0, 0.1) is 30.6 Å². The van der Waals surface area contributed by atoms with Crippen LogP contribution in [0.15, 0.2) is 107 Å². The fourth-order valence-corrected chi connectivity index (χ4v) is 9.69. The summed E-state index contributed by atoms with van der Waals surface area (Å²) in [5.41, 5.74) is 6.22. The number of allylic oxidation sites excluding steroid dienone is 2. The van der Waals surface area contributed by atoms with Crippen LogP contribution in [0.25, 0.3) is 0 Å². The van der Waals surface area contributed by atoms with Crippen molar-refractivity contribution in [3.05, 3.63) is 129 Å². The second kappa shape index (κ2) is 13.2. The highest BCUT2D eigenvalue weighted by Gasteiger charge is 2.70. The molecule has 0 spiro atoms. The lowest BCUT2D eigenvalue weighted by Gasteiger charge is -2.50. The summed E-state index contributed by atoms with van der Waals surface area (Å²) in [5.74, 6) is -4.68. The van der Waals surface area contributed by atoms with Gasteiger partial charge in [0.1, 0.15) is 5.75 Å². The molecular formula is C42H38BrN3O7. The first kappa shape index (κ1) is 34.7. The van der Waals surface area contributed by atoms with E-state index in [9.17, 15) is 24.6 Å². The summed E-state index contributed by atoms with van der Waals surface area (Å²) in [6, 6.07) is 26.9. The number of aryl methyl sites for hydroxylation is 1. The number of phenols is 2. The van der Waals surface area contributed by atoms with Crippen molar-refractivity contribution in [2.24, 2.45) is 23.7 Å². The van der Waals surface area contributed by atoms with Gasteiger partial charge >= 0.3 is 0 Å². The molecule has 11 heteroatoms. The Labute approximate surface area is 315 Å². The summed E-state index contributed by atoms with van der Waals surface area (Å²) >= 11 is 3.50. The smallest absolute Gasteiger partial charge is 0.260 e. The van der Waals surface area contributed by atoms with Crippen molar-refractivity contribution in [1.29, 1.82) is 0 Å². The van der Waals surface area contributed by atoms with Crippen molar-refractivity contribution in [2.75, 3.05) is 19.1 Å². The van der Waals surface area contributed by atoms with Gasteiger partial charge in [0, 0.05) is 12.5 Å². The van der Waals surface area contributed by atoms with Crippen LogP contribution in [0.3, 0.4) is 0 Å². The topological polar surface area (TPSA) is 136 Å². The number of rotatable bonds is 8. The van der Waals surface area contributed by atoms with Crippen molar-refractivity contribution in [2.45, 2.75) is 37.5 Å². The Morgan fingerprint density at radius 3 is 2.30 bits per heavy atom. The van der Waals surface area contributed by atoms with E-state index in [1.807, 2.05) is 67.6 Å². The third-order valence-corrected chi connectivity index (χ3v) is 12.3. The van der Waals surface area contributed by atoms with Gasteiger partial charge in [0.2, 0.25) is 11.8 Å². The zero-order valence-electron chi connectivity index (χ0n) is 29.2. The van der Waals surface area contributed by atoms with Crippen LogP contribution >= 0.6 is 15.9 Å². The molecule has 1 saturated carbocycles. The van der Waals surface area contributed by atoms with Crippen molar-refractivity contribution >= 4 is 45.2 Å². The molecule has 6 unspecified atom stereocenters. The number of carbonyl (C=O) groups is 4. The number of amides is 4. The van der Waals surface area contributed by atoms with E-state index in [4.69, 9.17) is 4.74 Å². The first-order valence-corrected chi connectivity index (χ1v) is 18.5. The van der Waals surface area contributed by atoms with Gasteiger partial charge in [-0.15, -0.1) is 0 Å². The Morgan fingerprint density at radius 2 is 1.60 bits per heavy atom. The minimum atomic E-state index is -1.45. The van der Waals surface area contributed by atoms with E-state index in [2.05, 4.69) is 21.4 Å². The number of aromatic hydroxyl groups is 2. The molecule has 0 radical (unpaired) electrons. The number of hydrogen-bond acceptors (Lipinski definition) is 8. The number of nitrogens with zero attached hydrogens (tertiary/aromatic N) is 2. The first-order chi connectivity index (χ1) is 25.5. The number of halogens is 1. The number of imide groups is 2. The molecule has 6 atom stereocenters. The van der Waals surface area contributed by atoms with Gasteiger partial charge in [-0.05, 0) is 101 Å². The lowest BCUT2D eigenvalue weighted by molar-refractivity contribution is -0.141. The SMILES string of the molecule is COc1cc(C2C3=CCC4C(=O)N(CCc5ccc(O)cc5)C(=O)C4C3CC3C(=O)N(Nc4ccc(C)cc4)C(=O)C32c2ccccc2)cc(Br)c1O. The number of likely N-dealkylation sites (tertiary alicyclic amines) is 1. The molecule has 2 heterocycles. The van der Waals surface area contributed by atoms with Crippen LogP contribution in [0.4, 0.5) is 5.69 Å². The predicted molar refractivity (Wildman–Crippen MR) is 200 cm³/mol. The number of benzene rings is 4. The Kier molecular flexibility index (Phi) is 8.64. The van der Waals surface area contributed by atoms with Gasteiger partial charge in [-0.1, -0.05) is 71.8 Å². The number of anilines is 1. The summed E-state index contributed by atoms with van der Waals surface area (Å²) in [4.78, 5) is 59.9. The molecule has 4 aromatic carbocycles. The van der Waals surface area contributed by atoms with Crippen LogP contribution < -0.4 is 10.2 Å². The number of nitrogens with one attached hydrogen (secondary N) is 1. The Balaban J connectivity index is 1.27. The molecule has 0 bridgehead atoms. The molecule has 0 aromatic heterocycles. The van der Waals surface area contributed by atoms with Crippen molar-refractivity contribution in [3.63, 3.8) is 0 Å². The van der Waals surface area contributed by atoms with Crippen LogP contribution in [0.1, 0.15) is 41.0 Å². The van der Waals surface area contributed by atoms with Crippen molar-refractivity contribution in [3.8, 4) is 17.2 Å². The molecule has 4 aliphatic rings. The molecule has 2 saturated heterocycles. The van der Waals surface area contributed by atoms with Crippen LogP contribution in [0.2, 0.25) is 0 Å². The van der Waals surface area contributed by atoms with Gasteiger partial charge in [-0.2, -0.15) is 5.01 Å². The molecule has 53 heavy (non-hydrogen) atoms. The maximum atomic E-state index is 15.3. The third-order valence-electron chi connectivity index (χ3n) is 11.6. The summed E-state index contributed by atoms with van der Waals surface area (Å²) in [6.07, 6.45) is 2.91. The van der Waals surface area contributed by atoms with E-state index in [0.717, 1.165) is 21.7 Å². The second-order valence-corrected chi connectivity index (χ2v) is 15.2. The normalized spacial score (nSPS) is 26.2.